The number of hydrogen-bond donors (Lipinski definition) is 2. The lowest BCUT2D eigenvalue weighted by Gasteiger charge is -2.10. The van der Waals surface area contributed by atoms with E-state index in [9.17, 15) is 9.18 Å². The Morgan fingerprint density at radius 2 is 2.05 bits per heavy atom. The Balaban J connectivity index is 2.30. The van der Waals surface area contributed by atoms with Gasteiger partial charge in [0.1, 0.15) is 11.6 Å². The van der Waals surface area contributed by atoms with Crippen molar-refractivity contribution in [3.05, 3.63) is 50.8 Å². The van der Waals surface area contributed by atoms with Crippen molar-refractivity contribution >= 4 is 49.3 Å². The highest BCUT2D eigenvalue weighted by atomic mass is 79.9. The second-order valence-corrected chi connectivity index (χ2v) is 5.65. The number of aromatic nitrogens is 1. The minimum Gasteiger partial charge on any atom is -0.372 e. The van der Waals surface area contributed by atoms with Gasteiger partial charge in [-0.05, 0) is 40.2 Å². The van der Waals surface area contributed by atoms with Gasteiger partial charge in [-0.2, -0.15) is 0 Å². The van der Waals surface area contributed by atoms with Crippen molar-refractivity contribution in [3.63, 3.8) is 0 Å². The number of carbonyl (C=O) groups is 1. The second-order valence-electron chi connectivity index (χ2n) is 3.88. The van der Waals surface area contributed by atoms with E-state index in [4.69, 9.17) is 0 Å². The average Bonchev–Trinajstić information content (AvgIpc) is 2.41. The number of benzene rings is 1. The van der Waals surface area contributed by atoms with Gasteiger partial charge in [-0.3, -0.25) is 4.79 Å². The van der Waals surface area contributed by atoms with Crippen molar-refractivity contribution < 1.29 is 9.18 Å². The van der Waals surface area contributed by atoms with E-state index in [1.165, 1.54) is 0 Å². The third kappa shape index (κ3) is 3.34. The largest absolute Gasteiger partial charge is 0.372 e. The lowest BCUT2D eigenvalue weighted by atomic mass is 10.2. The molecule has 1 aromatic heterocycles. The monoisotopic (exact) mass is 401 g/mol. The number of pyridine rings is 1. The smallest absolute Gasteiger partial charge is 0.259 e. The summed E-state index contributed by atoms with van der Waals surface area (Å²) in [7, 11) is 1.62. The zero-order valence-electron chi connectivity index (χ0n) is 10.4. The van der Waals surface area contributed by atoms with Crippen LogP contribution in [0, 0.1) is 5.82 Å². The van der Waals surface area contributed by atoms with Gasteiger partial charge in [-0.1, -0.05) is 15.9 Å². The molecule has 1 heterocycles. The van der Waals surface area contributed by atoms with Crippen LogP contribution in [0.3, 0.4) is 0 Å². The molecule has 20 heavy (non-hydrogen) atoms. The van der Waals surface area contributed by atoms with Crippen LogP contribution in [0.4, 0.5) is 15.9 Å². The molecule has 0 aliphatic rings. The summed E-state index contributed by atoms with van der Waals surface area (Å²) in [6, 6.07) is 6.47. The Kier molecular flexibility index (Phi) is 4.72. The third-order valence-corrected chi connectivity index (χ3v) is 3.66. The number of anilines is 2. The van der Waals surface area contributed by atoms with Crippen LogP contribution in [0.1, 0.15) is 10.4 Å². The van der Waals surface area contributed by atoms with Crippen LogP contribution in [0.15, 0.2) is 39.4 Å². The van der Waals surface area contributed by atoms with Gasteiger partial charge >= 0.3 is 0 Å². The van der Waals surface area contributed by atoms with Gasteiger partial charge in [0.15, 0.2) is 0 Å². The van der Waals surface area contributed by atoms with Gasteiger partial charge in [-0.15, -0.1) is 0 Å². The van der Waals surface area contributed by atoms with Gasteiger partial charge in [-0.25, -0.2) is 9.37 Å². The molecule has 0 spiro atoms. The molecule has 0 aliphatic carbocycles. The molecule has 7 heteroatoms. The van der Waals surface area contributed by atoms with Gasteiger partial charge in [0.25, 0.3) is 5.91 Å². The molecule has 0 aliphatic heterocycles. The molecular formula is C13H10Br2FN3O. The maximum absolute atomic E-state index is 13.2. The summed E-state index contributed by atoms with van der Waals surface area (Å²) in [5, 5.41) is 5.46. The number of halogens is 3. The summed E-state index contributed by atoms with van der Waals surface area (Å²) < 4.78 is 14.8. The maximum Gasteiger partial charge on any atom is 0.259 e. The molecule has 2 rings (SSSR count). The molecule has 0 radical (unpaired) electrons. The fraction of sp³-hybridized carbons (Fsp3) is 0.0769. The van der Waals surface area contributed by atoms with Crippen molar-refractivity contribution in [2.45, 2.75) is 0 Å². The van der Waals surface area contributed by atoms with E-state index >= 15 is 0 Å². The maximum atomic E-state index is 13.2. The van der Waals surface area contributed by atoms with Crippen LogP contribution >= 0.6 is 31.9 Å². The fourth-order valence-corrected chi connectivity index (χ4v) is 2.74. The number of nitrogens with zero attached hydrogens (tertiary/aromatic N) is 1. The number of carbonyl (C=O) groups excluding carboxylic acids is 1. The molecule has 4 nitrogen and oxygen atoms in total. The summed E-state index contributed by atoms with van der Waals surface area (Å²) in [4.78, 5) is 16.0. The number of amides is 1. The predicted molar refractivity (Wildman–Crippen MR) is 83.5 cm³/mol. The molecule has 2 aromatic rings. The molecule has 104 valence electrons. The van der Waals surface area contributed by atoms with Crippen molar-refractivity contribution in [3.8, 4) is 0 Å². The molecule has 1 aromatic carbocycles. The van der Waals surface area contributed by atoms with E-state index in [2.05, 4.69) is 47.5 Å². The summed E-state index contributed by atoms with van der Waals surface area (Å²) in [5.41, 5.74) is 0.729. The predicted octanol–water partition coefficient (Wildman–Crippen LogP) is 4.04. The van der Waals surface area contributed by atoms with Gasteiger partial charge < -0.3 is 10.6 Å². The van der Waals surface area contributed by atoms with Crippen LogP contribution in [-0.4, -0.2) is 17.9 Å². The number of hydrogen-bond acceptors (Lipinski definition) is 3. The zero-order chi connectivity index (χ0) is 14.7. The molecule has 2 N–H and O–H groups in total. The van der Waals surface area contributed by atoms with Crippen LogP contribution in [0.25, 0.3) is 0 Å². The normalized spacial score (nSPS) is 10.2. The van der Waals surface area contributed by atoms with Crippen molar-refractivity contribution in [1.82, 2.24) is 4.98 Å². The van der Waals surface area contributed by atoms with E-state index in [-0.39, 0.29) is 5.56 Å². The summed E-state index contributed by atoms with van der Waals surface area (Å²) >= 11 is 6.68. The van der Waals surface area contributed by atoms with Gasteiger partial charge in [0.2, 0.25) is 0 Å². The van der Waals surface area contributed by atoms with E-state index in [0.29, 0.717) is 11.5 Å². The molecule has 1 amide bonds. The minimum atomic E-state index is -0.566. The quantitative estimate of drug-likeness (QED) is 0.814. The lowest BCUT2D eigenvalue weighted by Crippen LogP contribution is -2.15. The zero-order valence-corrected chi connectivity index (χ0v) is 13.5. The van der Waals surface area contributed by atoms with Crippen LogP contribution in [0.2, 0.25) is 0 Å². The molecule has 0 unspecified atom stereocenters. The van der Waals surface area contributed by atoms with E-state index in [0.717, 1.165) is 21.2 Å². The summed E-state index contributed by atoms with van der Waals surface area (Å²) in [6.07, 6.45) is 1.05. The molecule has 0 atom stereocenters. The summed E-state index contributed by atoms with van der Waals surface area (Å²) in [5.74, 6) is -0.689. The molecule has 0 saturated carbocycles. The fourth-order valence-electron chi connectivity index (χ4n) is 1.59. The molecule has 0 bridgehead atoms. The number of nitrogens with one attached hydrogen (secondary N) is 2. The van der Waals surface area contributed by atoms with E-state index < -0.39 is 11.7 Å². The first kappa shape index (κ1) is 14.9. The Labute approximate surface area is 132 Å². The first-order valence-corrected chi connectivity index (χ1v) is 7.19. The molecule has 0 fully saturated rings. The van der Waals surface area contributed by atoms with Crippen LogP contribution in [0.5, 0.6) is 0 Å². The second kappa shape index (κ2) is 6.32. The van der Waals surface area contributed by atoms with Crippen molar-refractivity contribution in [1.29, 1.82) is 0 Å². The van der Waals surface area contributed by atoms with Crippen LogP contribution in [-0.2, 0) is 0 Å². The molecular weight excluding hydrogens is 393 g/mol. The molecule has 0 saturated heterocycles. The average molecular weight is 403 g/mol. The lowest BCUT2D eigenvalue weighted by molar-refractivity contribution is 0.102. The minimum absolute atomic E-state index is 0.141. The third-order valence-electron chi connectivity index (χ3n) is 2.52. The van der Waals surface area contributed by atoms with E-state index in [1.54, 1.807) is 25.2 Å². The Morgan fingerprint density at radius 3 is 2.70 bits per heavy atom. The van der Waals surface area contributed by atoms with Gasteiger partial charge in [0.05, 0.1) is 17.4 Å². The van der Waals surface area contributed by atoms with E-state index in [1.807, 2.05) is 0 Å². The van der Waals surface area contributed by atoms with Gasteiger partial charge in [0, 0.05) is 16.0 Å². The Hall–Kier alpha value is -1.47. The highest BCUT2D eigenvalue weighted by molar-refractivity contribution is 9.11. The Bertz CT molecular complexity index is 664. The first-order valence-electron chi connectivity index (χ1n) is 5.61. The van der Waals surface area contributed by atoms with Crippen molar-refractivity contribution in [2.24, 2.45) is 0 Å². The van der Waals surface area contributed by atoms with Crippen molar-refractivity contribution in [2.75, 3.05) is 17.7 Å². The first-order chi connectivity index (χ1) is 9.51. The number of rotatable bonds is 3. The SMILES string of the molecule is CNc1ncc(F)cc1C(=O)Nc1ccc(Br)cc1Br. The van der Waals surface area contributed by atoms with Crippen LogP contribution < -0.4 is 10.6 Å². The highest BCUT2D eigenvalue weighted by Gasteiger charge is 2.14. The summed E-state index contributed by atoms with van der Waals surface area (Å²) in [6.45, 7) is 0. The Morgan fingerprint density at radius 1 is 1.30 bits per heavy atom. The topological polar surface area (TPSA) is 54.0 Å². The highest BCUT2D eigenvalue weighted by Crippen LogP contribution is 2.27. The standard InChI is InChI=1S/C13H10Br2FN3O/c1-17-12-9(5-8(16)6-18-12)13(20)19-11-3-2-7(14)4-10(11)15/h2-6H,1H3,(H,17,18)(H,19,20).